The van der Waals surface area contributed by atoms with Crippen molar-refractivity contribution in [1.82, 2.24) is 0 Å². The second kappa shape index (κ2) is 5.17. The highest BCUT2D eigenvalue weighted by atomic mass is 35.5. The van der Waals surface area contributed by atoms with Crippen molar-refractivity contribution in [2.75, 3.05) is 18.3 Å². The molecule has 1 fully saturated rings. The lowest BCUT2D eigenvalue weighted by Gasteiger charge is -2.06. The minimum Gasteiger partial charge on any atom is -0.398 e. The number of rotatable bonds is 5. The Balaban J connectivity index is 1.91. The Labute approximate surface area is 102 Å². The summed E-state index contributed by atoms with van der Waals surface area (Å²) in [6.07, 6.45) is 2.46. The molecule has 0 radical (unpaired) electrons. The standard InChI is InChI=1S/C11H14ClNO2S/c12-9-3-4-11(10(13)5-9)16(14)7-15-6-8-1-2-8/h3-5,8H,1-2,6-7,13H2. The molecule has 0 amide bonds. The van der Waals surface area contributed by atoms with Gasteiger partial charge in [-0.25, -0.2) is 0 Å². The Kier molecular flexibility index (Phi) is 3.84. The summed E-state index contributed by atoms with van der Waals surface area (Å²) in [6, 6.07) is 4.98. The minimum absolute atomic E-state index is 0.211. The van der Waals surface area contributed by atoms with Gasteiger partial charge < -0.3 is 10.5 Å². The zero-order valence-corrected chi connectivity index (χ0v) is 10.4. The van der Waals surface area contributed by atoms with Crippen LogP contribution < -0.4 is 5.73 Å². The third-order valence-electron chi connectivity index (χ3n) is 2.46. The molecule has 0 heterocycles. The molecule has 1 aromatic carbocycles. The van der Waals surface area contributed by atoms with Crippen molar-refractivity contribution >= 4 is 28.1 Å². The van der Waals surface area contributed by atoms with Gasteiger partial charge in [0.2, 0.25) is 0 Å². The number of hydrogen-bond acceptors (Lipinski definition) is 3. The van der Waals surface area contributed by atoms with Gasteiger partial charge in [-0.3, -0.25) is 4.21 Å². The Morgan fingerprint density at radius 1 is 1.50 bits per heavy atom. The molecule has 1 aliphatic rings. The zero-order chi connectivity index (χ0) is 11.5. The molecule has 1 atom stereocenters. The van der Waals surface area contributed by atoms with E-state index in [-0.39, 0.29) is 5.94 Å². The number of nitrogen functional groups attached to an aromatic ring is 1. The maximum atomic E-state index is 11.8. The maximum absolute atomic E-state index is 11.8. The zero-order valence-electron chi connectivity index (χ0n) is 8.82. The van der Waals surface area contributed by atoms with E-state index in [2.05, 4.69) is 0 Å². The van der Waals surface area contributed by atoms with E-state index in [1.165, 1.54) is 12.8 Å². The van der Waals surface area contributed by atoms with Crippen LogP contribution in [0.25, 0.3) is 0 Å². The Morgan fingerprint density at radius 2 is 2.25 bits per heavy atom. The van der Waals surface area contributed by atoms with E-state index in [1.54, 1.807) is 18.2 Å². The third-order valence-corrected chi connectivity index (χ3v) is 3.94. The fraction of sp³-hybridized carbons (Fsp3) is 0.455. The average Bonchev–Trinajstić information content (AvgIpc) is 3.01. The van der Waals surface area contributed by atoms with Crippen molar-refractivity contribution in [2.24, 2.45) is 5.92 Å². The molecule has 0 aromatic heterocycles. The molecule has 1 saturated carbocycles. The van der Waals surface area contributed by atoms with Gasteiger partial charge in [0.05, 0.1) is 22.3 Å². The van der Waals surface area contributed by atoms with E-state index in [1.807, 2.05) is 0 Å². The maximum Gasteiger partial charge on any atom is 0.126 e. The lowest BCUT2D eigenvalue weighted by molar-refractivity contribution is 0.168. The molecule has 1 aliphatic carbocycles. The number of ether oxygens (including phenoxy) is 1. The number of nitrogens with two attached hydrogens (primary N) is 1. The minimum atomic E-state index is -1.20. The first kappa shape index (κ1) is 11.9. The lowest BCUT2D eigenvalue weighted by Crippen LogP contribution is -2.07. The van der Waals surface area contributed by atoms with Crippen LogP contribution in [0.3, 0.4) is 0 Å². The number of benzene rings is 1. The Morgan fingerprint density at radius 3 is 2.88 bits per heavy atom. The van der Waals surface area contributed by atoms with E-state index in [0.29, 0.717) is 28.1 Å². The average molecular weight is 260 g/mol. The molecule has 0 aliphatic heterocycles. The van der Waals surface area contributed by atoms with Crippen LogP contribution in [0.1, 0.15) is 12.8 Å². The second-order valence-corrected chi connectivity index (χ2v) is 5.76. The van der Waals surface area contributed by atoms with Crippen LogP contribution in [-0.4, -0.2) is 16.8 Å². The van der Waals surface area contributed by atoms with Crippen LogP contribution in [0, 0.1) is 5.92 Å². The van der Waals surface area contributed by atoms with Gasteiger partial charge in [-0.05, 0) is 37.0 Å². The summed E-state index contributed by atoms with van der Waals surface area (Å²) in [7, 11) is -1.20. The van der Waals surface area contributed by atoms with Crippen LogP contribution in [0.2, 0.25) is 5.02 Å². The number of anilines is 1. The van der Waals surface area contributed by atoms with E-state index >= 15 is 0 Å². The molecule has 0 saturated heterocycles. The van der Waals surface area contributed by atoms with E-state index < -0.39 is 10.8 Å². The Bertz CT molecular complexity index is 407. The van der Waals surface area contributed by atoms with Crippen LogP contribution in [-0.2, 0) is 15.5 Å². The summed E-state index contributed by atoms with van der Waals surface area (Å²) < 4.78 is 17.2. The highest BCUT2D eigenvalue weighted by molar-refractivity contribution is 7.85. The molecule has 16 heavy (non-hydrogen) atoms. The van der Waals surface area contributed by atoms with Crippen LogP contribution in [0.5, 0.6) is 0 Å². The fourth-order valence-corrected chi connectivity index (χ4v) is 2.46. The largest absolute Gasteiger partial charge is 0.398 e. The monoisotopic (exact) mass is 259 g/mol. The predicted octanol–water partition coefficient (Wildman–Crippen LogP) is 2.41. The molecule has 2 rings (SSSR count). The van der Waals surface area contributed by atoms with Crippen LogP contribution in [0.15, 0.2) is 23.1 Å². The van der Waals surface area contributed by atoms with E-state index in [0.717, 1.165) is 0 Å². The van der Waals surface area contributed by atoms with Crippen LogP contribution in [0.4, 0.5) is 5.69 Å². The van der Waals surface area contributed by atoms with Crippen molar-refractivity contribution in [3.8, 4) is 0 Å². The van der Waals surface area contributed by atoms with Crippen molar-refractivity contribution in [2.45, 2.75) is 17.7 Å². The molecule has 1 aromatic rings. The van der Waals surface area contributed by atoms with Crippen molar-refractivity contribution in [3.05, 3.63) is 23.2 Å². The molecule has 0 spiro atoms. The first-order valence-electron chi connectivity index (χ1n) is 5.18. The van der Waals surface area contributed by atoms with Crippen LogP contribution >= 0.6 is 11.6 Å². The molecule has 2 N–H and O–H groups in total. The van der Waals surface area contributed by atoms with Gasteiger partial charge in [0.1, 0.15) is 5.94 Å². The van der Waals surface area contributed by atoms with Gasteiger partial charge in [-0.1, -0.05) is 11.6 Å². The first-order valence-corrected chi connectivity index (χ1v) is 6.87. The predicted molar refractivity (Wildman–Crippen MR) is 65.8 cm³/mol. The van der Waals surface area contributed by atoms with Gasteiger partial charge in [0.15, 0.2) is 0 Å². The fourth-order valence-electron chi connectivity index (χ4n) is 1.37. The topological polar surface area (TPSA) is 52.3 Å². The van der Waals surface area contributed by atoms with Gasteiger partial charge in [-0.15, -0.1) is 0 Å². The summed E-state index contributed by atoms with van der Waals surface area (Å²) in [4.78, 5) is 0.597. The number of halogens is 1. The highest BCUT2D eigenvalue weighted by Crippen LogP contribution is 2.29. The van der Waals surface area contributed by atoms with E-state index in [9.17, 15) is 4.21 Å². The quantitative estimate of drug-likeness (QED) is 0.827. The molecule has 5 heteroatoms. The van der Waals surface area contributed by atoms with E-state index in [4.69, 9.17) is 22.1 Å². The summed E-state index contributed by atoms with van der Waals surface area (Å²) >= 11 is 5.77. The van der Waals surface area contributed by atoms with Crippen molar-refractivity contribution in [1.29, 1.82) is 0 Å². The molecule has 0 bridgehead atoms. The van der Waals surface area contributed by atoms with Gasteiger partial charge in [0, 0.05) is 10.7 Å². The van der Waals surface area contributed by atoms with Gasteiger partial charge in [-0.2, -0.15) is 0 Å². The van der Waals surface area contributed by atoms with Crippen molar-refractivity contribution in [3.63, 3.8) is 0 Å². The van der Waals surface area contributed by atoms with Gasteiger partial charge in [0.25, 0.3) is 0 Å². The second-order valence-electron chi connectivity index (χ2n) is 3.96. The highest BCUT2D eigenvalue weighted by Gasteiger charge is 2.21. The molecular weight excluding hydrogens is 246 g/mol. The lowest BCUT2D eigenvalue weighted by atomic mass is 10.3. The summed E-state index contributed by atoms with van der Waals surface area (Å²) in [5.41, 5.74) is 6.19. The smallest absolute Gasteiger partial charge is 0.126 e. The molecular formula is C11H14ClNO2S. The summed E-state index contributed by atoms with van der Waals surface area (Å²) in [6.45, 7) is 0.708. The summed E-state index contributed by atoms with van der Waals surface area (Å²) in [5.74, 6) is 0.891. The molecule has 3 nitrogen and oxygen atoms in total. The normalized spacial score (nSPS) is 17.3. The molecule has 1 unspecified atom stereocenters. The van der Waals surface area contributed by atoms with Crippen molar-refractivity contribution < 1.29 is 8.95 Å². The number of hydrogen-bond donors (Lipinski definition) is 1. The molecule has 88 valence electrons. The first-order chi connectivity index (χ1) is 7.66. The SMILES string of the molecule is Nc1cc(Cl)ccc1S(=O)COCC1CC1. The summed E-state index contributed by atoms with van der Waals surface area (Å²) in [5, 5.41) is 0.553. The Hall–Kier alpha value is -0.580. The third kappa shape index (κ3) is 3.20. The van der Waals surface area contributed by atoms with Gasteiger partial charge >= 0.3 is 0 Å².